The number of amides is 2. The third-order valence-electron chi connectivity index (χ3n) is 5.69. The molecule has 1 aliphatic rings. The smallest absolute Gasteiger partial charge is 0.407 e. The van der Waals surface area contributed by atoms with E-state index in [-0.39, 0.29) is 41.7 Å². The third kappa shape index (κ3) is 6.04. The number of H-pyrrole nitrogens is 1. The van der Waals surface area contributed by atoms with E-state index in [1.165, 1.54) is 17.4 Å². The predicted octanol–water partition coefficient (Wildman–Crippen LogP) is 4.00. The number of carbonyl (C=O) groups is 3. The number of hydrogen-bond donors (Lipinski definition) is 4. The molecule has 1 saturated carbocycles. The highest BCUT2D eigenvalue weighted by Gasteiger charge is 2.30. The van der Waals surface area contributed by atoms with Crippen molar-refractivity contribution < 1.29 is 24.2 Å². The van der Waals surface area contributed by atoms with E-state index in [2.05, 4.69) is 25.8 Å². The fourth-order valence-corrected chi connectivity index (χ4v) is 5.03. The Morgan fingerprint density at radius 2 is 2.17 bits per heavy atom. The Kier molecular flexibility index (Phi) is 7.45. The molecule has 0 bridgehead atoms. The molecule has 0 saturated heterocycles. The maximum atomic E-state index is 12.6. The van der Waals surface area contributed by atoms with Crippen LogP contribution in [0.25, 0.3) is 10.6 Å². The molecule has 184 valence electrons. The van der Waals surface area contributed by atoms with Gasteiger partial charge in [0.05, 0.1) is 12.0 Å². The summed E-state index contributed by atoms with van der Waals surface area (Å²) in [6, 6.07) is 6.61. The number of alkyl carbamates (subject to hydrolysis) is 1. The van der Waals surface area contributed by atoms with E-state index in [0.717, 1.165) is 18.5 Å². The van der Waals surface area contributed by atoms with Crippen molar-refractivity contribution in [3.63, 3.8) is 0 Å². The molecule has 4 rings (SSSR count). The zero-order chi connectivity index (χ0) is 24.9. The Morgan fingerprint density at radius 3 is 2.94 bits per heavy atom. The van der Waals surface area contributed by atoms with Crippen LogP contribution in [0.1, 0.15) is 60.0 Å². The molecule has 2 amide bonds. The van der Waals surface area contributed by atoms with E-state index < -0.39 is 6.09 Å². The van der Waals surface area contributed by atoms with Crippen molar-refractivity contribution in [3.05, 3.63) is 46.6 Å². The first-order chi connectivity index (χ1) is 16.8. The van der Waals surface area contributed by atoms with Gasteiger partial charge in [-0.25, -0.2) is 9.78 Å². The number of hydrogen-bond acceptors (Lipinski definition) is 8. The average molecular weight is 498 g/mol. The minimum Gasteiger partial charge on any atom is -0.507 e. The summed E-state index contributed by atoms with van der Waals surface area (Å²) in [5.41, 5.74) is 1.58. The predicted molar refractivity (Wildman–Crippen MR) is 131 cm³/mol. The van der Waals surface area contributed by atoms with Gasteiger partial charge in [0.1, 0.15) is 16.9 Å². The van der Waals surface area contributed by atoms with E-state index in [0.29, 0.717) is 34.0 Å². The molecular formula is C24H27N5O5S. The molecule has 0 aliphatic heterocycles. The molecule has 0 spiro atoms. The third-order valence-corrected chi connectivity index (χ3v) is 6.72. The second-order valence-corrected chi connectivity index (χ2v) is 9.87. The quantitative estimate of drug-likeness (QED) is 0.344. The largest absolute Gasteiger partial charge is 0.507 e. The number of carbonyl (C=O) groups excluding carboxylic acids is 3. The van der Waals surface area contributed by atoms with Gasteiger partial charge in [-0.05, 0) is 39.2 Å². The first-order valence-electron chi connectivity index (χ1n) is 11.4. The van der Waals surface area contributed by atoms with Crippen LogP contribution in [0.15, 0.2) is 30.5 Å². The summed E-state index contributed by atoms with van der Waals surface area (Å²) in [5, 5.41) is 23.1. The maximum absolute atomic E-state index is 12.6. The standard InChI is InChI=1S/C24H27N5O5S/c1-13(2)26-24(33)34-15-7-6-14(8-15)19-10-21(29-28-19)27-22(32)9-16-11-25-23(35-16)17-4-3-5-20(31)18(17)12-30/h3-5,10-15,31H,6-9H2,1-2H3,(H,26,33)(H2,27,28,29,32)/t14-,15+/m0/s1. The normalized spacial score (nSPS) is 17.3. The lowest BCUT2D eigenvalue weighted by atomic mass is 10.0. The first kappa shape index (κ1) is 24.4. The van der Waals surface area contributed by atoms with Crippen molar-refractivity contribution in [2.45, 2.75) is 57.6 Å². The van der Waals surface area contributed by atoms with Crippen molar-refractivity contribution in [2.75, 3.05) is 5.32 Å². The monoisotopic (exact) mass is 497 g/mol. The van der Waals surface area contributed by atoms with Crippen LogP contribution in [-0.4, -0.2) is 50.7 Å². The molecule has 1 aliphatic carbocycles. The van der Waals surface area contributed by atoms with E-state index in [4.69, 9.17) is 4.74 Å². The van der Waals surface area contributed by atoms with Gasteiger partial charge in [-0.3, -0.25) is 14.7 Å². The molecule has 1 aromatic carbocycles. The molecule has 0 radical (unpaired) electrons. The fourth-order valence-electron chi connectivity index (χ4n) is 4.08. The molecule has 2 atom stereocenters. The number of aromatic nitrogens is 3. The van der Waals surface area contributed by atoms with Gasteiger partial charge in [-0.15, -0.1) is 11.3 Å². The molecule has 2 heterocycles. The summed E-state index contributed by atoms with van der Waals surface area (Å²) in [4.78, 5) is 40.7. The van der Waals surface area contributed by atoms with Gasteiger partial charge in [0.15, 0.2) is 12.1 Å². The second kappa shape index (κ2) is 10.7. The highest BCUT2D eigenvalue weighted by Crippen LogP contribution is 2.36. The minimum atomic E-state index is -0.402. The van der Waals surface area contributed by atoms with Gasteiger partial charge in [-0.2, -0.15) is 5.10 Å². The maximum Gasteiger partial charge on any atom is 0.407 e. The number of nitrogens with zero attached hydrogens (tertiary/aromatic N) is 2. The van der Waals surface area contributed by atoms with E-state index in [1.54, 1.807) is 24.4 Å². The van der Waals surface area contributed by atoms with Crippen LogP contribution in [-0.2, 0) is 16.0 Å². The molecule has 1 fully saturated rings. The number of phenols is 1. The number of phenolic OH excluding ortho intramolecular Hbond substituents is 1. The number of thiazole rings is 1. The zero-order valence-electron chi connectivity index (χ0n) is 19.4. The van der Waals surface area contributed by atoms with Crippen LogP contribution < -0.4 is 10.6 Å². The van der Waals surface area contributed by atoms with Crippen molar-refractivity contribution in [2.24, 2.45) is 0 Å². The van der Waals surface area contributed by atoms with Crippen LogP contribution >= 0.6 is 11.3 Å². The molecule has 3 aromatic rings. The molecule has 35 heavy (non-hydrogen) atoms. The number of anilines is 1. The SMILES string of the molecule is CC(C)NC(=O)O[C@@H]1CC[C@H](c2cc(NC(=O)Cc3cnc(-c4cccc(O)c4C=O)s3)n[nH]2)C1. The van der Waals surface area contributed by atoms with Crippen LogP contribution in [0.3, 0.4) is 0 Å². The Hall–Kier alpha value is -3.73. The van der Waals surface area contributed by atoms with Crippen molar-refractivity contribution in [1.82, 2.24) is 20.5 Å². The number of aromatic hydroxyl groups is 1. The highest BCUT2D eigenvalue weighted by molar-refractivity contribution is 7.15. The van der Waals surface area contributed by atoms with Gasteiger partial charge >= 0.3 is 6.09 Å². The van der Waals surface area contributed by atoms with E-state index >= 15 is 0 Å². The van der Waals surface area contributed by atoms with Gasteiger partial charge in [0.25, 0.3) is 0 Å². The molecule has 11 heteroatoms. The van der Waals surface area contributed by atoms with Crippen LogP contribution in [0, 0.1) is 0 Å². The lowest BCUT2D eigenvalue weighted by Crippen LogP contribution is -2.33. The van der Waals surface area contributed by atoms with Gasteiger partial charge in [-0.1, -0.05) is 12.1 Å². The molecular weight excluding hydrogens is 470 g/mol. The number of aromatic amines is 1. The molecule has 0 unspecified atom stereocenters. The lowest BCUT2D eigenvalue weighted by molar-refractivity contribution is -0.115. The summed E-state index contributed by atoms with van der Waals surface area (Å²) in [6.45, 7) is 3.76. The summed E-state index contributed by atoms with van der Waals surface area (Å²) >= 11 is 1.28. The Balaban J connectivity index is 1.31. The zero-order valence-corrected chi connectivity index (χ0v) is 20.2. The fraction of sp³-hybridized carbons (Fsp3) is 0.375. The summed E-state index contributed by atoms with van der Waals surface area (Å²) in [7, 11) is 0. The lowest BCUT2D eigenvalue weighted by Gasteiger charge is -2.14. The van der Waals surface area contributed by atoms with E-state index in [9.17, 15) is 19.5 Å². The number of benzene rings is 1. The van der Waals surface area contributed by atoms with Gasteiger partial charge in [0, 0.05) is 40.4 Å². The van der Waals surface area contributed by atoms with Crippen molar-refractivity contribution in [3.8, 4) is 16.3 Å². The number of aldehydes is 1. The first-order valence-corrected chi connectivity index (χ1v) is 12.2. The highest BCUT2D eigenvalue weighted by atomic mass is 32.1. The molecule has 2 aromatic heterocycles. The molecule has 10 nitrogen and oxygen atoms in total. The van der Waals surface area contributed by atoms with Crippen molar-refractivity contribution >= 4 is 35.4 Å². The van der Waals surface area contributed by atoms with Crippen LogP contribution in [0.2, 0.25) is 0 Å². The van der Waals surface area contributed by atoms with E-state index in [1.807, 2.05) is 13.8 Å². The Labute approximate surface area is 206 Å². The van der Waals surface area contributed by atoms with Crippen LogP contribution in [0.4, 0.5) is 10.6 Å². The number of rotatable bonds is 8. The topological polar surface area (TPSA) is 146 Å². The van der Waals surface area contributed by atoms with Crippen molar-refractivity contribution in [1.29, 1.82) is 0 Å². The number of nitrogens with one attached hydrogen (secondary N) is 3. The Bertz CT molecular complexity index is 1220. The average Bonchev–Trinajstić information content (AvgIpc) is 3.54. The van der Waals surface area contributed by atoms with Gasteiger partial charge < -0.3 is 20.5 Å². The minimum absolute atomic E-state index is 0.0237. The molecule has 4 N–H and O–H groups in total. The van der Waals surface area contributed by atoms with Crippen LogP contribution in [0.5, 0.6) is 5.75 Å². The summed E-state index contributed by atoms with van der Waals surface area (Å²) < 4.78 is 5.47. The van der Waals surface area contributed by atoms with Gasteiger partial charge in [0.2, 0.25) is 5.91 Å². The summed E-state index contributed by atoms with van der Waals surface area (Å²) in [6.07, 6.45) is 4.05. The number of ether oxygens (including phenoxy) is 1. The second-order valence-electron chi connectivity index (χ2n) is 8.76. The summed E-state index contributed by atoms with van der Waals surface area (Å²) in [5.74, 6) is 0.235. The Morgan fingerprint density at radius 1 is 1.34 bits per heavy atom.